The monoisotopic (exact) mass is 638 g/mol. The van der Waals surface area contributed by atoms with Crippen molar-refractivity contribution in [1.29, 1.82) is 0 Å². The Morgan fingerprint density at radius 1 is 0.652 bits per heavy atom. The second-order valence-electron chi connectivity index (χ2n) is 10.8. The first-order valence-electron chi connectivity index (χ1n) is 14.7. The summed E-state index contributed by atoms with van der Waals surface area (Å²) in [6.07, 6.45) is -2.07. The van der Waals surface area contributed by atoms with Crippen molar-refractivity contribution in [3.05, 3.63) is 138 Å². The van der Waals surface area contributed by atoms with Crippen molar-refractivity contribution >= 4 is 35.6 Å². The molecule has 1 saturated heterocycles. The van der Waals surface area contributed by atoms with Crippen molar-refractivity contribution in [2.75, 3.05) is 6.61 Å². The van der Waals surface area contributed by atoms with Gasteiger partial charge < -0.3 is 23.7 Å². The predicted octanol–water partition coefficient (Wildman–Crippen LogP) is 5.95. The lowest BCUT2D eigenvalue weighted by atomic mass is 9.64. The first kappa shape index (κ1) is 31.1. The Bertz CT molecular complexity index is 1680. The molecule has 1 aliphatic heterocycles. The third-order valence-corrected chi connectivity index (χ3v) is 9.02. The highest BCUT2D eigenvalue weighted by Gasteiger charge is 2.78. The minimum absolute atomic E-state index is 0.257. The zero-order valence-corrected chi connectivity index (χ0v) is 25.5. The average Bonchev–Trinajstić information content (AvgIpc) is 3.32. The fourth-order valence-corrected chi connectivity index (χ4v) is 6.88. The molecule has 0 bridgehead atoms. The third kappa shape index (κ3) is 6.40. The van der Waals surface area contributed by atoms with Gasteiger partial charge in [0.05, 0.1) is 22.6 Å². The van der Waals surface area contributed by atoms with Gasteiger partial charge in [-0.15, -0.1) is 0 Å². The highest BCUT2D eigenvalue weighted by atomic mass is 32.2. The van der Waals surface area contributed by atoms with Crippen LogP contribution in [0.1, 0.15) is 38.0 Å². The van der Waals surface area contributed by atoms with Crippen LogP contribution in [0.25, 0.3) is 0 Å². The summed E-state index contributed by atoms with van der Waals surface area (Å²) in [6, 6.07) is 34.5. The number of carbonyl (C=O) groups excluding carboxylic acids is 4. The Balaban J connectivity index is 1.42. The Morgan fingerprint density at radius 3 is 1.61 bits per heavy atom. The quantitative estimate of drug-likeness (QED) is 0.153. The van der Waals surface area contributed by atoms with Crippen LogP contribution in [-0.4, -0.2) is 53.9 Å². The second kappa shape index (κ2) is 13.6. The van der Waals surface area contributed by atoms with E-state index in [1.165, 1.54) is 18.7 Å². The van der Waals surface area contributed by atoms with Gasteiger partial charge in [-0.1, -0.05) is 84.6 Å². The minimum Gasteiger partial charge on any atom is -0.465 e. The third-order valence-electron chi connectivity index (χ3n) is 7.88. The second-order valence-corrected chi connectivity index (χ2v) is 12.0. The van der Waals surface area contributed by atoms with E-state index in [1.54, 1.807) is 91.0 Å². The highest BCUT2D eigenvalue weighted by Crippen LogP contribution is 2.60. The molecule has 4 aromatic carbocycles. The summed E-state index contributed by atoms with van der Waals surface area (Å²) in [6.45, 7) is 0.959. The van der Waals surface area contributed by atoms with E-state index in [1.807, 2.05) is 30.3 Å². The average molecular weight is 639 g/mol. The maximum atomic E-state index is 13.6. The summed E-state index contributed by atoms with van der Waals surface area (Å²) in [5.41, 5.74) is -0.0473. The van der Waals surface area contributed by atoms with Crippen LogP contribution < -0.4 is 0 Å². The van der Waals surface area contributed by atoms with Crippen molar-refractivity contribution in [2.45, 2.75) is 35.3 Å². The molecule has 0 spiro atoms. The Hall–Kier alpha value is -4.93. The predicted molar refractivity (Wildman–Crippen MR) is 167 cm³/mol. The smallest absolute Gasteiger partial charge is 0.340 e. The highest BCUT2D eigenvalue weighted by molar-refractivity contribution is 7.99. The zero-order chi connectivity index (χ0) is 32.1. The van der Waals surface area contributed by atoms with Gasteiger partial charge in [-0.25, -0.2) is 14.4 Å². The largest absolute Gasteiger partial charge is 0.465 e. The standard InChI is InChI=1S/C36H30O9S/c1-23(37)41-22-28-30(42-32(38)24-14-6-2-7-15-24)29-31(43-33(39)25-16-8-3-9-17-25)35(46-27-20-12-5-13-21-27)45-36(28,29)44-34(40)26-18-10-4-11-19-26/h2-21,28-31,35H,22H2,1H3/t28?,29-,30?,31?,35?,36?/m1/s1. The molecule has 1 saturated carbocycles. The van der Waals surface area contributed by atoms with Crippen LogP contribution in [0.15, 0.2) is 126 Å². The molecule has 0 radical (unpaired) electrons. The van der Waals surface area contributed by atoms with Crippen molar-refractivity contribution in [1.82, 2.24) is 0 Å². The van der Waals surface area contributed by atoms with Crippen molar-refractivity contribution in [3.8, 4) is 0 Å². The molecular formula is C36H30O9S. The van der Waals surface area contributed by atoms with E-state index in [0.29, 0.717) is 11.1 Å². The van der Waals surface area contributed by atoms with Crippen LogP contribution in [0, 0.1) is 11.8 Å². The molecule has 6 atom stereocenters. The first-order valence-corrected chi connectivity index (χ1v) is 15.6. The number of hydrogen-bond acceptors (Lipinski definition) is 10. The molecule has 0 aromatic heterocycles. The van der Waals surface area contributed by atoms with Gasteiger partial charge in [0, 0.05) is 11.8 Å². The summed E-state index contributed by atoms with van der Waals surface area (Å²) >= 11 is 1.27. The molecular weight excluding hydrogens is 608 g/mol. The number of carbonyl (C=O) groups is 4. The Morgan fingerprint density at radius 2 is 1.11 bits per heavy atom. The van der Waals surface area contributed by atoms with E-state index in [2.05, 4.69) is 0 Å². The Kier molecular flexibility index (Phi) is 9.18. The van der Waals surface area contributed by atoms with Crippen LogP contribution >= 0.6 is 11.8 Å². The molecule has 4 aromatic rings. The summed E-state index contributed by atoms with van der Waals surface area (Å²) in [4.78, 5) is 53.3. The van der Waals surface area contributed by atoms with E-state index < -0.39 is 59.1 Å². The summed E-state index contributed by atoms with van der Waals surface area (Å²) in [5, 5.41) is 0. The van der Waals surface area contributed by atoms with Crippen LogP contribution in [0.5, 0.6) is 0 Å². The number of thioether (sulfide) groups is 1. The summed E-state index contributed by atoms with van der Waals surface area (Å²) in [7, 11) is 0. The van der Waals surface area contributed by atoms with Gasteiger partial charge in [-0.2, -0.15) is 0 Å². The van der Waals surface area contributed by atoms with Crippen LogP contribution in [0.4, 0.5) is 0 Å². The number of ether oxygens (including phenoxy) is 5. The molecule has 2 aliphatic rings. The molecule has 9 nitrogen and oxygen atoms in total. The molecule has 1 heterocycles. The lowest BCUT2D eigenvalue weighted by Gasteiger charge is -2.53. The van der Waals surface area contributed by atoms with Gasteiger partial charge in [0.25, 0.3) is 0 Å². The maximum absolute atomic E-state index is 13.6. The first-order chi connectivity index (χ1) is 22.4. The van der Waals surface area contributed by atoms with Crippen LogP contribution in [0.3, 0.4) is 0 Å². The van der Waals surface area contributed by atoms with Crippen LogP contribution in [-0.2, 0) is 28.5 Å². The van der Waals surface area contributed by atoms with Gasteiger partial charge in [0.15, 0.2) is 6.10 Å². The number of rotatable bonds is 10. The molecule has 10 heteroatoms. The van der Waals surface area contributed by atoms with Gasteiger partial charge in [-0.05, 0) is 48.5 Å². The maximum Gasteiger partial charge on any atom is 0.340 e. The number of fused-ring (bicyclic) bond motifs is 1. The molecule has 2 fully saturated rings. The Labute approximate surface area is 269 Å². The van der Waals surface area contributed by atoms with Gasteiger partial charge in [-0.3, -0.25) is 4.79 Å². The molecule has 234 valence electrons. The lowest BCUT2D eigenvalue weighted by Crippen LogP contribution is -2.70. The fraction of sp³-hybridized carbons (Fsp3) is 0.222. The lowest BCUT2D eigenvalue weighted by molar-refractivity contribution is -0.331. The normalized spacial score (nSPS) is 24.5. The molecule has 1 aliphatic carbocycles. The van der Waals surface area contributed by atoms with E-state index in [-0.39, 0.29) is 12.2 Å². The summed E-state index contributed by atoms with van der Waals surface area (Å²) in [5.74, 6) is -6.25. The van der Waals surface area contributed by atoms with Crippen molar-refractivity contribution in [2.24, 2.45) is 11.8 Å². The molecule has 0 amide bonds. The van der Waals surface area contributed by atoms with Gasteiger partial charge in [0.2, 0.25) is 5.79 Å². The SMILES string of the molecule is CC(=O)OCC1C(OC(=O)c2ccccc2)[C@@H]2C(OC(=O)c3ccccc3)C(Sc3ccccc3)OC12OC(=O)c1ccccc1. The zero-order valence-electron chi connectivity index (χ0n) is 24.7. The van der Waals surface area contributed by atoms with E-state index in [9.17, 15) is 19.2 Å². The van der Waals surface area contributed by atoms with Crippen molar-refractivity contribution in [3.63, 3.8) is 0 Å². The van der Waals surface area contributed by atoms with E-state index >= 15 is 0 Å². The molecule has 0 N–H and O–H groups in total. The molecule has 5 unspecified atom stereocenters. The van der Waals surface area contributed by atoms with E-state index in [4.69, 9.17) is 23.7 Å². The van der Waals surface area contributed by atoms with E-state index in [0.717, 1.165) is 4.90 Å². The van der Waals surface area contributed by atoms with Crippen LogP contribution in [0.2, 0.25) is 0 Å². The molecule has 6 rings (SSSR count). The fourth-order valence-electron chi connectivity index (χ4n) is 5.74. The number of hydrogen-bond donors (Lipinski definition) is 0. The minimum atomic E-state index is -1.78. The topological polar surface area (TPSA) is 114 Å². The number of benzene rings is 4. The number of esters is 4. The van der Waals surface area contributed by atoms with Crippen molar-refractivity contribution < 1.29 is 42.9 Å². The van der Waals surface area contributed by atoms with Gasteiger partial charge >= 0.3 is 23.9 Å². The van der Waals surface area contributed by atoms with Gasteiger partial charge in [0.1, 0.15) is 24.1 Å². The molecule has 46 heavy (non-hydrogen) atoms. The summed E-state index contributed by atoms with van der Waals surface area (Å²) < 4.78 is 30.4.